The molecule has 4 heterocycles. The van der Waals surface area contributed by atoms with Crippen LogP contribution in [0, 0.1) is 36.5 Å². The number of carboxylic acid groups (broad SMARTS) is 1. The van der Waals surface area contributed by atoms with E-state index in [9.17, 15) is 14.7 Å². The molecule has 5 unspecified atom stereocenters. The number of nitrogens with one attached hydrogen (secondary N) is 1. The number of carboxylic acids is 1. The quantitative estimate of drug-likeness (QED) is 0.179. The molecule has 3 aromatic heterocycles. The summed E-state index contributed by atoms with van der Waals surface area (Å²) in [6, 6.07) is 17.4. The number of nitrogens with zero attached hydrogens (tertiary/aromatic N) is 5. The van der Waals surface area contributed by atoms with E-state index in [2.05, 4.69) is 39.8 Å². The number of fused-ring (bicyclic) bond motifs is 4. The van der Waals surface area contributed by atoms with Gasteiger partial charge in [0.15, 0.2) is 10.8 Å². The number of carbonyl (C=O) groups excluding carboxylic acids is 1. The lowest BCUT2D eigenvalue weighted by Crippen LogP contribution is -2.39. The smallest absolute Gasteiger partial charge is 0.355 e. The second-order valence-electron chi connectivity index (χ2n) is 14.6. The summed E-state index contributed by atoms with van der Waals surface area (Å²) in [5, 5.41) is 18.7. The third-order valence-electron chi connectivity index (χ3n) is 11.3. The van der Waals surface area contributed by atoms with Gasteiger partial charge in [0.1, 0.15) is 5.82 Å². The van der Waals surface area contributed by atoms with E-state index in [-0.39, 0.29) is 11.6 Å². The Kier molecular flexibility index (Phi) is 8.22. The molecular weight excluding hydrogens is 633 g/mol. The van der Waals surface area contributed by atoms with Crippen molar-refractivity contribution in [1.82, 2.24) is 19.7 Å². The Morgan fingerprint density at radius 2 is 1.84 bits per heavy atom. The Bertz CT molecular complexity index is 2030. The number of carbonyl (C=O) groups is 2. The fraction of sp³-hybridized carbons (Fsp3) is 0.410. The molecule has 9 nitrogen and oxygen atoms in total. The first kappa shape index (κ1) is 31.7. The second-order valence-corrected chi connectivity index (χ2v) is 15.6. The van der Waals surface area contributed by atoms with Gasteiger partial charge in [0.2, 0.25) is 0 Å². The van der Waals surface area contributed by atoms with Crippen LogP contribution < -0.4 is 10.2 Å². The summed E-state index contributed by atoms with van der Waals surface area (Å²) in [7, 11) is 0. The standard InChI is InChI=1S/C39H42N6O3S/c1-22-15-25-17-23(2)31(27(16-22)18-25)21-45-24(3)30(19-40-45)28-11-12-35(42-36(28)38(47)48)44-14-13-26-7-6-8-29(32(26)20-44)37(46)43-39-41-33-9-4-5-10-34(33)49-39/h4-12,19,22-23,25,27,31H,13-18,20-21H2,1-3H3,(H,47,48)(H,41,43,46). The van der Waals surface area contributed by atoms with Crippen molar-refractivity contribution in [3.63, 3.8) is 0 Å². The molecule has 1 aliphatic heterocycles. The minimum absolute atomic E-state index is 0.0165. The molecule has 8 rings (SSSR count). The molecule has 10 heteroatoms. The number of benzene rings is 2. The van der Waals surface area contributed by atoms with E-state index >= 15 is 0 Å². The number of rotatable bonds is 7. The van der Waals surface area contributed by atoms with Crippen molar-refractivity contribution in [2.45, 2.75) is 66.0 Å². The van der Waals surface area contributed by atoms with Crippen molar-refractivity contribution < 1.29 is 14.7 Å². The molecule has 2 bridgehead atoms. The predicted octanol–water partition coefficient (Wildman–Crippen LogP) is 8.08. The highest BCUT2D eigenvalue weighted by atomic mass is 32.1. The summed E-state index contributed by atoms with van der Waals surface area (Å²) in [6.45, 7) is 8.83. The van der Waals surface area contributed by atoms with Gasteiger partial charge in [-0.3, -0.25) is 14.8 Å². The SMILES string of the molecule is Cc1c(-c2ccc(N3CCc4cccc(C(=O)Nc5nc6ccccc6s5)c4C3)nc2C(=O)O)cnn1CC1C(C)CC2CC(C)CC1C2. The van der Waals surface area contributed by atoms with Crippen LogP contribution in [0.15, 0.2) is 60.8 Å². The minimum Gasteiger partial charge on any atom is -0.476 e. The number of aromatic carboxylic acids is 1. The average Bonchev–Trinajstić information content (AvgIpc) is 3.67. The van der Waals surface area contributed by atoms with Crippen LogP contribution in [0.1, 0.15) is 77.2 Å². The third kappa shape index (κ3) is 6.00. The Morgan fingerprint density at radius 1 is 0.980 bits per heavy atom. The van der Waals surface area contributed by atoms with Gasteiger partial charge in [0.05, 0.1) is 16.4 Å². The van der Waals surface area contributed by atoms with E-state index in [0.717, 1.165) is 63.3 Å². The van der Waals surface area contributed by atoms with Crippen LogP contribution >= 0.6 is 11.3 Å². The Balaban J connectivity index is 1.03. The number of anilines is 2. The lowest BCUT2D eigenvalue weighted by Gasteiger charge is -2.46. The van der Waals surface area contributed by atoms with Gasteiger partial charge in [-0.25, -0.2) is 14.8 Å². The Labute approximate surface area is 290 Å². The van der Waals surface area contributed by atoms with Crippen molar-refractivity contribution in [2.24, 2.45) is 29.6 Å². The van der Waals surface area contributed by atoms with Gasteiger partial charge in [0.25, 0.3) is 5.91 Å². The molecule has 5 atom stereocenters. The number of pyridine rings is 1. The maximum atomic E-state index is 13.5. The first-order valence-corrected chi connectivity index (χ1v) is 18.3. The zero-order valence-electron chi connectivity index (χ0n) is 28.2. The normalized spacial score (nSPS) is 23.3. The zero-order chi connectivity index (χ0) is 33.8. The molecule has 3 aliphatic rings. The van der Waals surface area contributed by atoms with E-state index in [1.54, 1.807) is 0 Å². The zero-order valence-corrected chi connectivity index (χ0v) is 29.0. The molecule has 2 N–H and O–H groups in total. The lowest BCUT2D eigenvalue weighted by molar-refractivity contribution is 0.0350. The first-order chi connectivity index (χ1) is 23.7. The van der Waals surface area contributed by atoms with Crippen LogP contribution in [-0.2, 0) is 19.5 Å². The van der Waals surface area contributed by atoms with Crippen molar-refractivity contribution >= 4 is 44.4 Å². The van der Waals surface area contributed by atoms with Gasteiger partial charge in [0, 0.05) is 42.0 Å². The maximum absolute atomic E-state index is 13.5. The molecule has 2 fully saturated rings. The number of hydrogen-bond acceptors (Lipinski definition) is 7. The van der Waals surface area contributed by atoms with E-state index in [1.807, 2.05) is 61.7 Å². The van der Waals surface area contributed by atoms with Gasteiger partial charge in [-0.1, -0.05) is 49.4 Å². The molecule has 2 aliphatic carbocycles. The Morgan fingerprint density at radius 3 is 2.67 bits per heavy atom. The van der Waals surface area contributed by atoms with Gasteiger partial charge in [-0.2, -0.15) is 5.10 Å². The van der Waals surface area contributed by atoms with Crippen LogP contribution in [0.3, 0.4) is 0 Å². The Hall–Kier alpha value is -4.57. The number of thiazole rings is 1. The van der Waals surface area contributed by atoms with E-state index in [4.69, 9.17) is 10.1 Å². The molecule has 49 heavy (non-hydrogen) atoms. The predicted molar refractivity (Wildman–Crippen MR) is 193 cm³/mol. The van der Waals surface area contributed by atoms with Crippen LogP contribution in [0.25, 0.3) is 21.3 Å². The van der Waals surface area contributed by atoms with Gasteiger partial charge < -0.3 is 10.0 Å². The molecule has 0 spiro atoms. The van der Waals surface area contributed by atoms with Gasteiger partial charge in [-0.05, 0) is 110 Å². The van der Waals surface area contributed by atoms with Crippen molar-refractivity contribution in [1.29, 1.82) is 0 Å². The number of hydrogen-bond donors (Lipinski definition) is 2. The third-order valence-corrected chi connectivity index (χ3v) is 12.3. The van der Waals surface area contributed by atoms with Crippen LogP contribution in [-0.4, -0.2) is 43.3 Å². The summed E-state index contributed by atoms with van der Waals surface area (Å²) in [4.78, 5) is 37.6. The second kappa shape index (κ2) is 12.7. The molecule has 5 aromatic rings. The fourth-order valence-electron chi connectivity index (χ4n) is 9.02. The summed E-state index contributed by atoms with van der Waals surface area (Å²) in [5.41, 5.74) is 5.85. The largest absolute Gasteiger partial charge is 0.476 e. The molecule has 1 amide bonds. The molecule has 0 radical (unpaired) electrons. The van der Waals surface area contributed by atoms with Crippen molar-refractivity contribution in [3.8, 4) is 11.1 Å². The lowest BCUT2D eigenvalue weighted by atomic mass is 9.60. The van der Waals surface area contributed by atoms with Gasteiger partial charge >= 0.3 is 5.97 Å². The van der Waals surface area contributed by atoms with E-state index in [1.165, 1.54) is 37.0 Å². The summed E-state index contributed by atoms with van der Waals surface area (Å²) < 4.78 is 3.11. The number of amides is 1. The van der Waals surface area contributed by atoms with Crippen molar-refractivity contribution in [3.05, 3.63) is 88.9 Å². The number of aromatic nitrogens is 4. The van der Waals surface area contributed by atoms with E-state index in [0.29, 0.717) is 47.0 Å². The number of para-hydroxylation sites is 1. The monoisotopic (exact) mass is 674 g/mol. The van der Waals surface area contributed by atoms with Gasteiger partial charge in [-0.15, -0.1) is 0 Å². The summed E-state index contributed by atoms with van der Waals surface area (Å²) in [5.74, 6) is 2.92. The summed E-state index contributed by atoms with van der Waals surface area (Å²) in [6.07, 6.45) is 7.82. The molecule has 252 valence electrons. The average molecular weight is 675 g/mol. The highest BCUT2D eigenvalue weighted by Crippen LogP contribution is 2.48. The fourth-order valence-corrected chi connectivity index (χ4v) is 9.88. The van der Waals surface area contributed by atoms with Crippen LogP contribution in [0.4, 0.5) is 10.9 Å². The molecule has 2 saturated carbocycles. The molecular formula is C39H42N6O3S. The van der Waals surface area contributed by atoms with Crippen LogP contribution in [0.5, 0.6) is 0 Å². The maximum Gasteiger partial charge on any atom is 0.355 e. The highest BCUT2D eigenvalue weighted by Gasteiger charge is 2.40. The van der Waals surface area contributed by atoms with Crippen molar-refractivity contribution in [2.75, 3.05) is 16.8 Å². The van der Waals surface area contributed by atoms with Crippen LogP contribution in [0.2, 0.25) is 0 Å². The summed E-state index contributed by atoms with van der Waals surface area (Å²) >= 11 is 1.45. The molecule has 2 aromatic carbocycles. The minimum atomic E-state index is -1.07. The molecule has 0 saturated heterocycles. The highest BCUT2D eigenvalue weighted by molar-refractivity contribution is 7.22. The first-order valence-electron chi connectivity index (χ1n) is 17.5. The van der Waals surface area contributed by atoms with E-state index < -0.39 is 5.97 Å². The topological polar surface area (TPSA) is 113 Å².